The van der Waals surface area contributed by atoms with Gasteiger partial charge >= 0.3 is 0 Å². The molecule has 1 aromatic rings. The molecule has 0 heterocycles. The van der Waals surface area contributed by atoms with Crippen molar-refractivity contribution in [1.29, 1.82) is 0 Å². The van der Waals surface area contributed by atoms with Crippen LogP contribution in [0.1, 0.15) is 38.2 Å². The first-order chi connectivity index (χ1) is 16.6. The number of aliphatic hydroxyl groups is 2. The van der Waals surface area contributed by atoms with Gasteiger partial charge in [0.1, 0.15) is 5.75 Å². The van der Waals surface area contributed by atoms with Gasteiger partial charge in [0, 0.05) is 35.1 Å². The normalized spacial score (nSPS) is 39.5. The van der Waals surface area contributed by atoms with Gasteiger partial charge in [-0.05, 0) is 74.0 Å². The lowest BCUT2D eigenvalue weighted by molar-refractivity contribution is -0.144. The number of aliphatic hydroxyl groups excluding tert-OH is 2. The predicted molar refractivity (Wildman–Crippen MR) is 141 cm³/mol. The van der Waals surface area contributed by atoms with E-state index in [4.69, 9.17) is 4.74 Å². The minimum atomic E-state index is -1.24. The van der Waals surface area contributed by atoms with E-state index in [-0.39, 0.29) is 21.0 Å². The smallest absolute Gasteiger partial charge is 0.224 e. The first-order valence-corrected chi connectivity index (χ1v) is 13.6. The van der Waals surface area contributed by atoms with E-state index in [1.807, 2.05) is 24.3 Å². The number of halogens is 1. The van der Waals surface area contributed by atoms with E-state index in [1.54, 1.807) is 42.7 Å². The van der Waals surface area contributed by atoms with Crippen LogP contribution in [-0.4, -0.2) is 45.8 Å². The Morgan fingerprint density at radius 2 is 1.94 bits per heavy atom. The van der Waals surface area contributed by atoms with Crippen molar-refractivity contribution < 1.29 is 24.5 Å². The van der Waals surface area contributed by atoms with Crippen LogP contribution in [0.5, 0.6) is 5.75 Å². The molecule has 3 saturated carbocycles. The molecule has 35 heavy (non-hydrogen) atoms. The summed E-state index contributed by atoms with van der Waals surface area (Å²) in [6, 6.07) is 7.81. The molecule has 4 aliphatic rings. The van der Waals surface area contributed by atoms with Gasteiger partial charge in [0.05, 0.1) is 30.7 Å². The van der Waals surface area contributed by atoms with E-state index < -0.39 is 29.5 Å². The number of hydrogen-bond donors (Lipinski definition) is 3. The maximum atomic E-state index is 14.0. The van der Waals surface area contributed by atoms with Crippen molar-refractivity contribution in [1.82, 2.24) is 5.32 Å². The van der Waals surface area contributed by atoms with Crippen LogP contribution in [-0.2, 0) is 16.0 Å². The van der Waals surface area contributed by atoms with Gasteiger partial charge in [-0.15, -0.1) is 0 Å². The van der Waals surface area contributed by atoms with Crippen molar-refractivity contribution in [3.05, 3.63) is 53.6 Å². The van der Waals surface area contributed by atoms with Crippen molar-refractivity contribution in [2.45, 2.75) is 51.2 Å². The summed E-state index contributed by atoms with van der Waals surface area (Å²) in [5, 5.41) is 25.0. The zero-order chi connectivity index (χ0) is 25.1. The van der Waals surface area contributed by atoms with E-state index in [2.05, 4.69) is 11.9 Å². The number of ether oxygens (including phenoxy) is 1. The number of hydrogen-bond acceptors (Lipinski definition) is 5. The van der Waals surface area contributed by atoms with E-state index in [1.165, 1.54) is 5.57 Å². The fourth-order valence-electron chi connectivity index (χ4n) is 7.79. The lowest BCUT2D eigenvalue weighted by Gasteiger charge is -2.45. The van der Waals surface area contributed by atoms with Crippen LogP contribution in [0.4, 0.5) is 0 Å². The summed E-state index contributed by atoms with van der Waals surface area (Å²) in [6.07, 6.45) is 3.70. The molecule has 1 amide bonds. The lowest BCUT2D eigenvalue weighted by atomic mass is 9.60. The Morgan fingerprint density at radius 3 is 2.60 bits per heavy atom. The standard InChI is InChI=1S/C28H34INO5/c1-15-13-28-14-17(15)6-9-20(28)19-12-21(31)24(32)27(2,26(29)34)22(19)23(28)25(33)30-11-10-16-4-7-18(35-3)8-5-16/h4-5,7-8,12,17,20-24,31-32H,1,6,9-11,13-14H2,2-3H3,(H,30,33)/t17-,20+,21-,22?,23-,24+,27+,28+/m1/s1. The van der Waals surface area contributed by atoms with Crippen LogP contribution >= 0.6 is 22.6 Å². The molecule has 3 N–H and O–H groups in total. The molecule has 5 rings (SSSR count). The average molecular weight is 591 g/mol. The highest BCUT2D eigenvalue weighted by molar-refractivity contribution is 14.1. The lowest BCUT2D eigenvalue weighted by Crippen LogP contribution is -2.56. The fourth-order valence-corrected chi connectivity index (χ4v) is 8.44. The second-order valence-corrected chi connectivity index (χ2v) is 12.1. The van der Waals surface area contributed by atoms with Crippen LogP contribution < -0.4 is 10.1 Å². The van der Waals surface area contributed by atoms with Crippen LogP contribution in [0.2, 0.25) is 0 Å². The highest BCUT2D eigenvalue weighted by atomic mass is 127. The molecule has 6 nitrogen and oxygen atoms in total. The van der Waals surface area contributed by atoms with Crippen molar-refractivity contribution in [2.24, 2.45) is 34.5 Å². The highest BCUT2D eigenvalue weighted by Gasteiger charge is 2.70. The Morgan fingerprint density at radius 1 is 1.23 bits per heavy atom. The number of methoxy groups -OCH3 is 1. The molecule has 0 radical (unpaired) electrons. The van der Waals surface area contributed by atoms with Crippen LogP contribution in [0.25, 0.3) is 0 Å². The molecular weight excluding hydrogens is 557 g/mol. The number of fused-ring (bicyclic) bond motifs is 3. The van der Waals surface area contributed by atoms with Crippen LogP contribution in [0.3, 0.4) is 0 Å². The molecule has 4 aliphatic carbocycles. The summed E-state index contributed by atoms with van der Waals surface area (Å²) in [5.74, 6) is 0.390. The van der Waals surface area contributed by atoms with Gasteiger partial charge in [-0.1, -0.05) is 35.9 Å². The largest absolute Gasteiger partial charge is 0.497 e. The minimum absolute atomic E-state index is 0.0558. The maximum Gasteiger partial charge on any atom is 0.224 e. The molecule has 0 aliphatic heterocycles. The van der Waals surface area contributed by atoms with E-state index in [9.17, 15) is 19.8 Å². The third-order valence-corrected chi connectivity index (χ3v) is 10.7. The summed E-state index contributed by atoms with van der Waals surface area (Å²) >= 11 is 1.74. The zero-order valence-electron chi connectivity index (χ0n) is 20.3. The molecule has 7 heteroatoms. The zero-order valence-corrected chi connectivity index (χ0v) is 22.5. The molecule has 3 fully saturated rings. The molecule has 1 unspecified atom stereocenters. The fraction of sp³-hybridized carbons (Fsp3) is 0.571. The summed E-state index contributed by atoms with van der Waals surface area (Å²) in [5.41, 5.74) is 1.76. The van der Waals surface area contributed by atoms with Gasteiger partial charge in [0.15, 0.2) is 0 Å². The molecule has 0 saturated heterocycles. The third-order valence-electron chi connectivity index (χ3n) is 9.50. The maximum absolute atomic E-state index is 14.0. The first kappa shape index (κ1) is 25.0. The average Bonchev–Trinajstić information content (AvgIpc) is 3.26. The molecule has 0 aromatic heterocycles. The van der Waals surface area contributed by atoms with Gasteiger partial charge in [0.25, 0.3) is 0 Å². The van der Waals surface area contributed by atoms with Gasteiger partial charge in [-0.3, -0.25) is 9.59 Å². The van der Waals surface area contributed by atoms with Gasteiger partial charge < -0.3 is 20.3 Å². The second-order valence-electron chi connectivity index (χ2n) is 11.1. The number of nitrogens with one attached hydrogen (secondary N) is 1. The summed E-state index contributed by atoms with van der Waals surface area (Å²) < 4.78 is 5.01. The number of amides is 1. The molecule has 1 spiro atoms. The minimum Gasteiger partial charge on any atom is -0.497 e. The SMILES string of the molecule is C=C1C[C@]23C[C@H]1CC[C@H]2C1=C[C@@H](O)[C@H](O)[C@@](C)(C(=O)I)C1[C@@H]3C(=O)NCCc1ccc(OC)cc1. The van der Waals surface area contributed by atoms with Gasteiger partial charge in [0.2, 0.25) is 9.70 Å². The van der Waals surface area contributed by atoms with Crippen LogP contribution in [0.15, 0.2) is 48.1 Å². The Balaban J connectivity index is 1.48. The van der Waals surface area contributed by atoms with Crippen LogP contribution in [0, 0.1) is 34.5 Å². The number of carbonyl (C=O) groups excluding carboxylic acids is 2. The van der Waals surface area contributed by atoms with E-state index >= 15 is 0 Å². The number of allylic oxidation sites excluding steroid dienone is 2. The first-order valence-electron chi connectivity index (χ1n) is 12.5. The number of carbonyl (C=O) groups is 2. The van der Waals surface area contributed by atoms with Crippen molar-refractivity contribution >= 4 is 32.3 Å². The number of benzene rings is 1. The predicted octanol–water partition coefficient (Wildman–Crippen LogP) is 3.59. The Labute approximate surface area is 220 Å². The molecule has 1 aromatic carbocycles. The Kier molecular flexibility index (Phi) is 6.41. The summed E-state index contributed by atoms with van der Waals surface area (Å²) in [7, 11) is 1.63. The summed E-state index contributed by atoms with van der Waals surface area (Å²) in [6.45, 7) is 6.57. The Bertz CT molecular complexity index is 1080. The van der Waals surface area contributed by atoms with Crippen molar-refractivity contribution in [3.63, 3.8) is 0 Å². The van der Waals surface area contributed by atoms with E-state index in [0.29, 0.717) is 18.9 Å². The van der Waals surface area contributed by atoms with Crippen molar-refractivity contribution in [3.8, 4) is 5.75 Å². The monoisotopic (exact) mass is 591 g/mol. The van der Waals surface area contributed by atoms with Crippen molar-refractivity contribution in [2.75, 3.05) is 13.7 Å². The quantitative estimate of drug-likeness (QED) is 0.267. The molecule has 2 bridgehead atoms. The molecule has 8 atom stereocenters. The van der Waals surface area contributed by atoms with Gasteiger partial charge in [-0.25, -0.2) is 0 Å². The Hall–Kier alpha value is -1.71. The second kappa shape index (κ2) is 8.99. The van der Waals surface area contributed by atoms with Gasteiger partial charge in [-0.2, -0.15) is 0 Å². The number of rotatable bonds is 6. The third kappa shape index (κ3) is 3.72. The van der Waals surface area contributed by atoms with E-state index in [0.717, 1.165) is 42.6 Å². The molecule has 188 valence electrons. The highest BCUT2D eigenvalue weighted by Crippen LogP contribution is 2.72. The topological polar surface area (TPSA) is 95.9 Å². The summed E-state index contributed by atoms with van der Waals surface area (Å²) in [4.78, 5) is 27.0. The molecular formula is C28H34INO5.